The fourth-order valence-electron chi connectivity index (χ4n) is 1.82. The van der Waals surface area contributed by atoms with E-state index in [4.69, 9.17) is 9.47 Å². The smallest absolute Gasteiger partial charge is 0.169 e. The molecule has 0 fully saturated rings. The first-order valence-electron chi connectivity index (χ1n) is 6.87. The van der Waals surface area contributed by atoms with Crippen LogP contribution in [0.3, 0.4) is 0 Å². The summed E-state index contributed by atoms with van der Waals surface area (Å²) in [7, 11) is 0. The van der Waals surface area contributed by atoms with Crippen molar-refractivity contribution in [3.05, 3.63) is 48.3 Å². The number of hydrogen-bond donors (Lipinski definition) is 1. The van der Waals surface area contributed by atoms with Crippen LogP contribution in [0.25, 0.3) is 0 Å². The molecule has 1 N–H and O–H groups in total. The van der Waals surface area contributed by atoms with Gasteiger partial charge in [-0.05, 0) is 37.2 Å². The molecule has 1 heterocycles. The molecule has 0 bridgehead atoms. The molecular formula is C16H20N2O2. The van der Waals surface area contributed by atoms with E-state index in [-0.39, 0.29) is 0 Å². The molecule has 2 rings (SSSR count). The maximum absolute atomic E-state index is 5.87. The molecule has 1 aromatic carbocycles. The van der Waals surface area contributed by atoms with Crippen molar-refractivity contribution < 1.29 is 9.47 Å². The first-order chi connectivity index (χ1) is 9.83. The van der Waals surface area contributed by atoms with Gasteiger partial charge in [-0.3, -0.25) is 4.98 Å². The Labute approximate surface area is 119 Å². The van der Waals surface area contributed by atoms with Gasteiger partial charge in [-0.1, -0.05) is 19.1 Å². The zero-order valence-corrected chi connectivity index (χ0v) is 11.9. The topological polar surface area (TPSA) is 43.4 Å². The largest absolute Gasteiger partial charge is 0.490 e. The van der Waals surface area contributed by atoms with Gasteiger partial charge in [0, 0.05) is 12.7 Å². The van der Waals surface area contributed by atoms with E-state index in [1.54, 1.807) is 6.20 Å². The number of para-hydroxylation sites is 2. The van der Waals surface area contributed by atoms with E-state index in [0.717, 1.165) is 24.4 Å². The highest BCUT2D eigenvalue weighted by atomic mass is 16.5. The minimum absolute atomic E-state index is 0.610. The van der Waals surface area contributed by atoms with Crippen molar-refractivity contribution in [1.29, 1.82) is 0 Å². The van der Waals surface area contributed by atoms with Gasteiger partial charge in [0.15, 0.2) is 11.5 Å². The number of pyridine rings is 1. The quantitative estimate of drug-likeness (QED) is 0.839. The Hall–Kier alpha value is -2.07. The lowest BCUT2D eigenvalue weighted by atomic mass is 10.2. The van der Waals surface area contributed by atoms with Crippen LogP contribution in [0.15, 0.2) is 42.7 Å². The van der Waals surface area contributed by atoms with Gasteiger partial charge in [-0.25, -0.2) is 0 Å². The lowest BCUT2D eigenvalue weighted by molar-refractivity contribution is 0.321. The monoisotopic (exact) mass is 272 g/mol. The van der Waals surface area contributed by atoms with Crippen LogP contribution in [0.1, 0.15) is 19.4 Å². The summed E-state index contributed by atoms with van der Waals surface area (Å²) in [4.78, 5) is 4.20. The molecule has 0 atom stereocenters. The Bertz CT molecular complexity index is 544. The third-order valence-electron chi connectivity index (χ3n) is 2.73. The SMILES string of the molecule is CCNCc1cncc(Oc2ccccc2OCC)c1. The van der Waals surface area contributed by atoms with Crippen molar-refractivity contribution >= 4 is 0 Å². The fourth-order valence-corrected chi connectivity index (χ4v) is 1.82. The maximum Gasteiger partial charge on any atom is 0.169 e. The van der Waals surface area contributed by atoms with Gasteiger partial charge in [0.05, 0.1) is 12.8 Å². The van der Waals surface area contributed by atoms with Gasteiger partial charge in [-0.2, -0.15) is 0 Å². The predicted molar refractivity (Wildman–Crippen MR) is 79.3 cm³/mol. The molecule has 4 heteroatoms. The maximum atomic E-state index is 5.87. The van der Waals surface area contributed by atoms with Crippen LogP contribution in [0.4, 0.5) is 0 Å². The van der Waals surface area contributed by atoms with Crippen molar-refractivity contribution in [2.45, 2.75) is 20.4 Å². The zero-order valence-electron chi connectivity index (χ0n) is 11.9. The molecule has 0 radical (unpaired) electrons. The van der Waals surface area contributed by atoms with Gasteiger partial charge in [-0.15, -0.1) is 0 Å². The van der Waals surface area contributed by atoms with Gasteiger partial charge < -0.3 is 14.8 Å². The first kappa shape index (κ1) is 14.3. The summed E-state index contributed by atoms with van der Waals surface area (Å²) in [5.74, 6) is 2.16. The van der Waals surface area contributed by atoms with E-state index in [9.17, 15) is 0 Å². The molecule has 0 saturated heterocycles. The molecule has 2 aromatic rings. The van der Waals surface area contributed by atoms with Crippen molar-refractivity contribution in [1.82, 2.24) is 10.3 Å². The van der Waals surface area contributed by atoms with Gasteiger partial charge in [0.25, 0.3) is 0 Å². The Morgan fingerprint density at radius 1 is 1.10 bits per heavy atom. The van der Waals surface area contributed by atoms with Crippen LogP contribution in [-0.4, -0.2) is 18.1 Å². The third kappa shape index (κ3) is 3.96. The van der Waals surface area contributed by atoms with E-state index in [0.29, 0.717) is 18.1 Å². The van der Waals surface area contributed by atoms with E-state index >= 15 is 0 Å². The number of aromatic nitrogens is 1. The van der Waals surface area contributed by atoms with E-state index < -0.39 is 0 Å². The number of benzene rings is 1. The molecule has 20 heavy (non-hydrogen) atoms. The van der Waals surface area contributed by atoms with Crippen LogP contribution in [-0.2, 0) is 6.54 Å². The minimum atomic E-state index is 0.610. The third-order valence-corrected chi connectivity index (χ3v) is 2.73. The van der Waals surface area contributed by atoms with Crippen LogP contribution < -0.4 is 14.8 Å². The summed E-state index contributed by atoms with van der Waals surface area (Å²) < 4.78 is 11.4. The molecule has 0 unspecified atom stereocenters. The highest BCUT2D eigenvalue weighted by Gasteiger charge is 2.05. The Balaban J connectivity index is 2.13. The number of rotatable bonds is 7. The van der Waals surface area contributed by atoms with Crippen molar-refractivity contribution in [3.8, 4) is 17.2 Å². The van der Waals surface area contributed by atoms with Crippen molar-refractivity contribution in [3.63, 3.8) is 0 Å². The highest BCUT2D eigenvalue weighted by Crippen LogP contribution is 2.31. The second-order valence-corrected chi connectivity index (χ2v) is 4.29. The standard InChI is InChI=1S/C16H20N2O2/c1-3-17-10-13-9-14(12-18-11-13)20-16-8-6-5-7-15(16)19-4-2/h5-9,11-12,17H,3-4,10H2,1-2H3. The Morgan fingerprint density at radius 2 is 1.90 bits per heavy atom. The number of ether oxygens (including phenoxy) is 2. The van der Waals surface area contributed by atoms with Crippen LogP contribution >= 0.6 is 0 Å². The lowest BCUT2D eigenvalue weighted by Crippen LogP contribution is -2.11. The fraction of sp³-hybridized carbons (Fsp3) is 0.312. The highest BCUT2D eigenvalue weighted by molar-refractivity contribution is 5.42. The van der Waals surface area contributed by atoms with Gasteiger partial charge in [0.2, 0.25) is 0 Å². The molecule has 0 aliphatic carbocycles. The summed E-state index contributed by atoms with van der Waals surface area (Å²) in [5.41, 5.74) is 1.10. The second kappa shape index (κ2) is 7.50. The average molecular weight is 272 g/mol. The molecule has 0 aliphatic rings. The first-order valence-corrected chi connectivity index (χ1v) is 6.87. The van der Waals surface area contributed by atoms with E-state index in [2.05, 4.69) is 17.2 Å². The van der Waals surface area contributed by atoms with Gasteiger partial charge in [0.1, 0.15) is 5.75 Å². The molecule has 0 amide bonds. The number of hydrogen-bond acceptors (Lipinski definition) is 4. The predicted octanol–water partition coefficient (Wildman–Crippen LogP) is 3.38. The van der Waals surface area contributed by atoms with Crippen LogP contribution in [0.2, 0.25) is 0 Å². The van der Waals surface area contributed by atoms with Crippen LogP contribution in [0.5, 0.6) is 17.2 Å². The summed E-state index contributed by atoms with van der Waals surface area (Å²) in [6.45, 7) is 6.35. The molecule has 0 aliphatic heterocycles. The molecular weight excluding hydrogens is 252 g/mol. The Morgan fingerprint density at radius 3 is 2.65 bits per heavy atom. The van der Waals surface area contributed by atoms with E-state index in [1.165, 1.54) is 0 Å². The minimum Gasteiger partial charge on any atom is -0.490 e. The van der Waals surface area contributed by atoms with Gasteiger partial charge >= 0.3 is 0 Å². The summed E-state index contributed by atoms with van der Waals surface area (Å²) in [6, 6.07) is 9.63. The summed E-state index contributed by atoms with van der Waals surface area (Å²) in [6.07, 6.45) is 3.54. The average Bonchev–Trinajstić information content (AvgIpc) is 2.48. The second-order valence-electron chi connectivity index (χ2n) is 4.29. The molecule has 1 aromatic heterocycles. The number of nitrogens with one attached hydrogen (secondary N) is 1. The normalized spacial score (nSPS) is 10.3. The molecule has 106 valence electrons. The van der Waals surface area contributed by atoms with Crippen molar-refractivity contribution in [2.75, 3.05) is 13.2 Å². The zero-order chi connectivity index (χ0) is 14.2. The summed E-state index contributed by atoms with van der Waals surface area (Å²) >= 11 is 0. The van der Waals surface area contributed by atoms with Crippen LogP contribution in [0, 0.1) is 0 Å². The molecule has 4 nitrogen and oxygen atoms in total. The Kier molecular flexibility index (Phi) is 5.38. The molecule has 0 saturated carbocycles. The van der Waals surface area contributed by atoms with Crippen molar-refractivity contribution in [2.24, 2.45) is 0 Å². The molecule has 0 spiro atoms. The lowest BCUT2D eigenvalue weighted by Gasteiger charge is -2.11. The van der Waals surface area contributed by atoms with E-state index in [1.807, 2.05) is 43.5 Å². The number of nitrogens with zero attached hydrogens (tertiary/aromatic N) is 1. The summed E-state index contributed by atoms with van der Waals surface area (Å²) in [5, 5.41) is 3.27.